The lowest BCUT2D eigenvalue weighted by Crippen LogP contribution is -2.48. The van der Waals surface area contributed by atoms with Gasteiger partial charge < -0.3 is 11.1 Å². The molecule has 0 saturated heterocycles. The first-order chi connectivity index (χ1) is 8.65. The van der Waals surface area contributed by atoms with Gasteiger partial charge in [0.1, 0.15) is 0 Å². The Bertz CT molecular complexity index is 316. The number of hydrogen-bond donors (Lipinski definition) is 2. The summed E-state index contributed by atoms with van der Waals surface area (Å²) < 4.78 is 38.1. The summed E-state index contributed by atoms with van der Waals surface area (Å²) in [6.45, 7) is 4.10. The fourth-order valence-corrected chi connectivity index (χ4v) is 2.58. The van der Waals surface area contributed by atoms with Crippen LogP contribution >= 0.6 is 0 Å². The molecule has 112 valence electrons. The Morgan fingerprint density at radius 2 is 1.95 bits per heavy atom. The average molecular weight is 280 g/mol. The van der Waals surface area contributed by atoms with Gasteiger partial charge in [-0.25, -0.2) is 0 Å². The molecule has 0 heterocycles. The van der Waals surface area contributed by atoms with Crippen LogP contribution in [0, 0.1) is 11.8 Å². The summed E-state index contributed by atoms with van der Waals surface area (Å²) in [6, 6.07) is 0. The number of amides is 1. The lowest BCUT2D eigenvalue weighted by molar-refractivity contribution is -0.186. The van der Waals surface area contributed by atoms with Crippen molar-refractivity contribution in [2.75, 3.05) is 6.54 Å². The molecule has 1 aliphatic rings. The van der Waals surface area contributed by atoms with Crippen LogP contribution in [0.5, 0.6) is 0 Å². The number of carbonyl (C=O) groups is 1. The molecule has 1 aliphatic carbocycles. The van der Waals surface area contributed by atoms with E-state index in [4.69, 9.17) is 5.73 Å². The quantitative estimate of drug-likeness (QED) is 0.831. The highest BCUT2D eigenvalue weighted by atomic mass is 19.4. The fourth-order valence-electron chi connectivity index (χ4n) is 2.58. The van der Waals surface area contributed by atoms with Crippen molar-refractivity contribution in [2.24, 2.45) is 17.6 Å². The van der Waals surface area contributed by atoms with Gasteiger partial charge in [0.2, 0.25) is 5.91 Å². The van der Waals surface area contributed by atoms with E-state index in [0.29, 0.717) is 25.8 Å². The van der Waals surface area contributed by atoms with E-state index in [-0.39, 0.29) is 18.7 Å². The topological polar surface area (TPSA) is 55.1 Å². The van der Waals surface area contributed by atoms with E-state index >= 15 is 0 Å². The molecule has 6 heteroatoms. The Labute approximate surface area is 112 Å². The zero-order chi connectivity index (χ0) is 14.7. The molecule has 0 aliphatic heterocycles. The Balaban J connectivity index is 2.58. The third kappa shape index (κ3) is 5.01. The summed E-state index contributed by atoms with van der Waals surface area (Å²) in [4.78, 5) is 12.0. The van der Waals surface area contributed by atoms with Gasteiger partial charge in [0.25, 0.3) is 0 Å². The number of alkyl halides is 3. The molecule has 1 rings (SSSR count). The summed E-state index contributed by atoms with van der Waals surface area (Å²) in [5.41, 5.74) is 4.99. The van der Waals surface area contributed by atoms with Crippen LogP contribution in [0.2, 0.25) is 0 Å². The molecule has 3 N–H and O–H groups in total. The van der Waals surface area contributed by atoms with Crippen LogP contribution in [0.1, 0.15) is 46.0 Å². The Morgan fingerprint density at radius 1 is 1.32 bits per heavy atom. The van der Waals surface area contributed by atoms with E-state index in [1.165, 1.54) is 0 Å². The summed E-state index contributed by atoms with van der Waals surface area (Å²) in [5.74, 6) is -2.14. The molecule has 0 aromatic heterocycles. The molecule has 0 radical (unpaired) electrons. The van der Waals surface area contributed by atoms with E-state index < -0.39 is 23.6 Å². The van der Waals surface area contributed by atoms with E-state index in [0.717, 1.165) is 0 Å². The molecular weight excluding hydrogens is 257 g/mol. The standard InChI is InChI=1S/C13H23F3N2O/c1-12(2,6-7-17)18-11(19)9-4-3-5-10(8-9)13(14,15)16/h9-10H,3-8,17H2,1-2H3,(H,18,19). The Kier molecular flexibility index (Phi) is 5.24. The predicted molar refractivity (Wildman–Crippen MR) is 67.4 cm³/mol. The van der Waals surface area contributed by atoms with E-state index in [1.54, 1.807) is 0 Å². The second-order valence-corrected chi connectivity index (χ2v) is 6.01. The number of carbonyl (C=O) groups excluding carboxylic acids is 1. The van der Waals surface area contributed by atoms with Gasteiger partial charge in [-0.15, -0.1) is 0 Å². The molecule has 2 atom stereocenters. The highest BCUT2D eigenvalue weighted by molar-refractivity contribution is 5.79. The second-order valence-electron chi connectivity index (χ2n) is 6.01. The van der Waals surface area contributed by atoms with Crippen molar-refractivity contribution in [2.45, 2.75) is 57.7 Å². The van der Waals surface area contributed by atoms with Crippen LogP contribution < -0.4 is 11.1 Å². The third-order valence-corrected chi connectivity index (χ3v) is 3.74. The second kappa shape index (κ2) is 6.11. The van der Waals surface area contributed by atoms with Crippen molar-refractivity contribution in [3.63, 3.8) is 0 Å². The normalized spacial score (nSPS) is 25.2. The van der Waals surface area contributed by atoms with Crippen molar-refractivity contribution < 1.29 is 18.0 Å². The van der Waals surface area contributed by atoms with Crippen molar-refractivity contribution in [3.8, 4) is 0 Å². The van der Waals surface area contributed by atoms with Crippen LogP contribution in [0.15, 0.2) is 0 Å². The SMILES string of the molecule is CC(C)(CCN)NC(=O)C1CCCC(C(F)(F)F)C1. The lowest BCUT2D eigenvalue weighted by atomic mass is 9.80. The number of hydrogen-bond acceptors (Lipinski definition) is 2. The number of rotatable bonds is 4. The molecule has 3 nitrogen and oxygen atoms in total. The fraction of sp³-hybridized carbons (Fsp3) is 0.923. The van der Waals surface area contributed by atoms with Gasteiger partial charge in [0.05, 0.1) is 5.92 Å². The van der Waals surface area contributed by atoms with Gasteiger partial charge in [-0.1, -0.05) is 6.42 Å². The van der Waals surface area contributed by atoms with Gasteiger partial charge in [-0.05, 0) is 46.1 Å². The smallest absolute Gasteiger partial charge is 0.351 e. The first-order valence-corrected chi connectivity index (χ1v) is 6.74. The minimum absolute atomic E-state index is 0.0892. The zero-order valence-corrected chi connectivity index (χ0v) is 11.5. The summed E-state index contributed by atoms with van der Waals surface area (Å²) in [5, 5.41) is 2.81. The van der Waals surface area contributed by atoms with E-state index in [1.807, 2.05) is 13.8 Å². The maximum atomic E-state index is 12.7. The molecule has 1 amide bonds. The zero-order valence-electron chi connectivity index (χ0n) is 11.5. The first kappa shape index (κ1) is 16.3. The predicted octanol–water partition coefficient (Wildman–Crippen LogP) is 2.60. The van der Waals surface area contributed by atoms with Crippen LogP contribution in [-0.2, 0) is 4.79 Å². The molecule has 0 aromatic carbocycles. The maximum absolute atomic E-state index is 12.7. The number of nitrogens with two attached hydrogens (primary N) is 1. The molecular formula is C13H23F3N2O. The Morgan fingerprint density at radius 3 is 2.47 bits per heavy atom. The molecule has 2 unspecified atom stereocenters. The van der Waals surface area contributed by atoms with Crippen LogP contribution in [0.3, 0.4) is 0 Å². The van der Waals surface area contributed by atoms with Gasteiger partial charge in [-0.3, -0.25) is 4.79 Å². The molecule has 1 saturated carbocycles. The molecule has 0 aromatic rings. The van der Waals surface area contributed by atoms with Crippen LogP contribution in [0.25, 0.3) is 0 Å². The summed E-state index contributed by atoms with van der Waals surface area (Å²) >= 11 is 0. The van der Waals surface area contributed by atoms with Gasteiger partial charge in [0, 0.05) is 11.5 Å². The lowest BCUT2D eigenvalue weighted by Gasteiger charge is -2.33. The monoisotopic (exact) mass is 280 g/mol. The van der Waals surface area contributed by atoms with Gasteiger partial charge in [-0.2, -0.15) is 13.2 Å². The van der Waals surface area contributed by atoms with Crippen LogP contribution in [0.4, 0.5) is 13.2 Å². The van der Waals surface area contributed by atoms with Crippen molar-refractivity contribution >= 4 is 5.91 Å². The Hall–Kier alpha value is -0.780. The third-order valence-electron chi connectivity index (χ3n) is 3.74. The van der Waals surface area contributed by atoms with Crippen molar-refractivity contribution in [1.82, 2.24) is 5.32 Å². The van der Waals surface area contributed by atoms with Crippen LogP contribution in [-0.4, -0.2) is 24.2 Å². The minimum atomic E-state index is -4.19. The highest BCUT2D eigenvalue weighted by Gasteiger charge is 2.43. The van der Waals surface area contributed by atoms with E-state index in [9.17, 15) is 18.0 Å². The van der Waals surface area contributed by atoms with Gasteiger partial charge >= 0.3 is 6.18 Å². The molecule has 0 bridgehead atoms. The minimum Gasteiger partial charge on any atom is -0.351 e. The van der Waals surface area contributed by atoms with Gasteiger partial charge in [0.15, 0.2) is 0 Å². The average Bonchev–Trinajstić information content (AvgIpc) is 2.27. The maximum Gasteiger partial charge on any atom is 0.391 e. The number of nitrogens with one attached hydrogen (secondary N) is 1. The highest BCUT2D eigenvalue weighted by Crippen LogP contribution is 2.40. The molecule has 19 heavy (non-hydrogen) atoms. The summed E-state index contributed by atoms with van der Waals surface area (Å²) in [6.07, 6.45) is -2.54. The first-order valence-electron chi connectivity index (χ1n) is 6.74. The van der Waals surface area contributed by atoms with Crippen molar-refractivity contribution in [1.29, 1.82) is 0 Å². The molecule has 1 fully saturated rings. The molecule has 0 spiro atoms. The van der Waals surface area contributed by atoms with Crippen molar-refractivity contribution in [3.05, 3.63) is 0 Å². The largest absolute Gasteiger partial charge is 0.391 e. The van der Waals surface area contributed by atoms with E-state index in [2.05, 4.69) is 5.32 Å². The summed E-state index contributed by atoms with van der Waals surface area (Å²) in [7, 11) is 0. The number of halogens is 3.